The van der Waals surface area contributed by atoms with Crippen LogP contribution in [0.15, 0.2) is 34.9 Å². The zero-order valence-corrected chi connectivity index (χ0v) is 13.3. The number of carbonyl (C=O) groups is 2. The normalized spacial score (nSPS) is 11.3. The van der Waals surface area contributed by atoms with Crippen molar-refractivity contribution in [2.24, 2.45) is 5.41 Å². The zero-order chi connectivity index (χ0) is 16.3. The number of benzene rings is 1. The smallest absolute Gasteiger partial charge is 0.273 e. The van der Waals surface area contributed by atoms with Gasteiger partial charge in [0, 0.05) is 17.0 Å². The number of nitrogens with zero attached hydrogens (tertiary/aromatic N) is 1. The summed E-state index contributed by atoms with van der Waals surface area (Å²) in [5, 5.41) is 6.32. The number of carbonyl (C=O) groups excluding carboxylic acids is 2. The van der Waals surface area contributed by atoms with E-state index < -0.39 is 11.3 Å². The summed E-state index contributed by atoms with van der Waals surface area (Å²) in [5.74, 6) is 0.0649. The highest BCUT2D eigenvalue weighted by molar-refractivity contribution is 5.96. The highest BCUT2D eigenvalue weighted by Gasteiger charge is 2.22. The number of ketones is 1. The standard InChI is InChI=1S/C17H20N2O3/c1-11-5-7-12(8-6-11)14-9-13(19-22-14)16(21)18-10-15(20)17(2,3)4/h5-9H,10H2,1-4H3,(H,18,21). The summed E-state index contributed by atoms with van der Waals surface area (Å²) < 4.78 is 5.19. The van der Waals surface area contributed by atoms with Crippen molar-refractivity contribution in [1.29, 1.82) is 0 Å². The molecule has 2 rings (SSSR count). The van der Waals surface area contributed by atoms with Gasteiger partial charge in [-0.3, -0.25) is 9.59 Å². The van der Waals surface area contributed by atoms with E-state index in [1.165, 1.54) is 0 Å². The molecule has 22 heavy (non-hydrogen) atoms. The number of Topliss-reactive ketones (excluding diaryl/α,β-unsaturated/α-hetero) is 1. The van der Waals surface area contributed by atoms with Crippen LogP contribution in [-0.4, -0.2) is 23.4 Å². The van der Waals surface area contributed by atoms with E-state index in [2.05, 4.69) is 10.5 Å². The maximum atomic E-state index is 12.0. The number of nitrogens with one attached hydrogen (secondary N) is 1. The van der Waals surface area contributed by atoms with Crippen LogP contribution in [0.3, 0.4) is 0 Å². The van der Waals surface area contributed by atoms with Crippen molar-refractivity contribution in [1.82, 2.24) is 10.5 Å². The van der Waals surface area contributed by atoms with E-state index in [-0.39, 0.29) is 18.0 Å². The molecule has 1 heterocycles. The maximum Gasteiger partial charge on any atom is 0.273 e. The van der Waals surface area contributed by atoms with Gasteiger partial charge < -0.3 is 9.84 Å². The molecule has 0 aliphatic rings. The molecule has 1 aromatic heterocycles. The van der Waals surface area contributed by atoms with Gasteiger partial charge >= 0.3 is 0 Å². The van der Waals surface area contributed by atoms with Crippen LogP contribution in [0.2, 0.25) is 0 Å². The van der Waals surface area contributed by atoms with Crippen molar-refractivity contribution in [3.8, 4) is 11.3 Å². The van der Waals surface area contributed by atoms with Crippen molar-refractivity contribution >= 4 is 11.7 Å². The van der Waals surface area contributed by atoms with E-state index in [1.54, 1.807) is 6.07 Å². The molecule has 1 amide bonds. The number of rotatable bonds is 4. The van der Waals surface area contributed by atoms with Gasteiger partial charge in [0.1, 0.15) is 0 Å². The molecular weight excluding hydrogens is 280 g/mol. The van der Waals surface area contributed by atoms with Crippen LogP contribution in [-0.2, 0) is 4.79 Å². The van der Waals surface area contributed by atoms with Gasteiger partial charge in [-0.2, -0.15) is 0 Å². The van der Waals surface area contributed by atoms with E-state index in [1.807, 2.05) is 52.0 Å². The molecule has 5 nitrogen and oxygen atoms in total. The molecule has 0 unspecified atom stereocenters. The Morgan fingerprint density at radius 3 is 2.41 bits per heavy atom. The molecule has 1 N–H and O–H groups in total. The second-order valence-electron chi connectivity index (χ2n) is 6.30. The molecule has 0 atom stereocenters. The lowest BCUT2D eigenvalue weighted by molar-refractivity contribution is -0.125. The molecule has 0 fully saturated rings. The SMILES string of the molecule is Cc1ccc(-c2cc(C(=O)NCC(=O)C(C)(C)C)no2)cc1. The summed E-state index contributed by atoms with van der Waals surface area (Å²) in [5.41, 5.74) is 1.67. The molecule has 1 aromatic carbocycles. The van der Waals surface area contributed by atoms with Crippen molar-refractivity contribution in [3.05, 3.63) is 41.6 Å². The third kappa shape index (κ3) is 3.81. The molecule has 2 aromatic rings. The highest BCUT2D eigenvalue weighted by atomic mass is 16.5. The Balaban J connectivity index is 2.03. The predicted octanol–water partition coefficient (Wildman–Crippen LogP) is 3.00. The fraction of sp³-hybridized carbons (Fsp3) is 0.353. The molecule has 0 aliphatic heterocycles. The lowest BCUT2D eigenvalue weighted by Crippen LogP contribution is -2.35. The van der Waals surface area contributed by atoms with Crippen molar-refractivity contribution < 1.29 is 14.1 Å². The average molecular weight is 300 g/mol. The van der Waals surface area contributed by atoms with Gasteiger partial charge in [-0.05, 0) is 6.92 Å². The quantitative estimate of drug-likeness (QED) is 0.942. The van der Waals surface area contributed by atoms with Crippen molar-refractivity contribution in [2.45, 2.75) is 27.7 Å². The topological polar surface area (TPSA) is 72.2 Å². The van der Waals surface area contributed by atoms with Crippen LogP contribution in [0.4, 0.5) is 0 Å². The van der Waals surface area contributed by atoms with Gasteiger partial charge in [0.15, 0.2) is 17.2 Å². The van der Waals surface area contributed by atoms with Crippen molar-refractivity contribution in [2.75, 3.05) is 6.54 Å². The first-order valence-electron chi connectivity index (χ1n) is 7.12. The van der Waals surface area contributed by atoms with E-state index in [0.717, 1.165) is 11.1 Å². The number of aromatic nitrogens is 1. The maximum absolute atomic E-state index is 12.0. The van der Waals surface area contributed by atoms with Crippen molar-refractivity contribution in [3.63, 3.8) is 0 Å². The monoisotopic (exact) mass is 300 g/mol. The van der Waals surface area contributed by atoms with Gasteiger partial charge in [-0.25, -0.2) is 0 Å². The third-order valence-corrected chi connectivity index (χ3v) is 3.32. The summed E-state index contributed by atoms with van der Waals surface area (Å²) in [6, 6.07) is 9.29. The largest absolute Gasteiger partial charge is 0.355 e. The first kappa shape index (κ1) is 15.9. The van der Waals surface area contributed by atoms with Gasteiger partial charge in [-0.1, -0.05) is 55.8 Å². The molecule has 0 radical (unpaired) electrons. The van der Waals surface area contributed by atoms with Crippen LogP contribution in [0, 0.1) is 12.3 Å². The fourth-order valence-corrected chi connectivity index (χ4v) is 1.75. The van der Waals surface area contributed by atoms with Crippen LogP contribution in [0.25, 0.3) is 11.3 Å². The molecule has 0 bridgehead atoms. The second kappa shape index (κ2) is 6.13. The minimum atomic E-state index is -0.482. The van der Waals surface area contributed by atoms with Crippen LogP contribution in [0.1, 0.15) is 36.8 Å². The Bertz CT molecular complexity index is 679. The average Bonchev–Trinajstić information content (AvgIpc) is 2.94. The van der Waals surface area contributed by atoms with Crippen LogP contribution >= 0.6 is 0 Å². The van der Waals surface area contributed by atoms with E-state index in [4.69, 9.17) is 4.52 Å². The Morgan fingerprint density at radius 1 is 1.18 bits per heavy atom. The van der Waals surface area contributed by atoms with Gasteiger partial charge in [-0.15, -0.1) is 0 Å². The lowest BCUT2D eigenvalue weighted by atomic mass is 9.91. The Morgan fingerprint density at radius 2 is 1.82 bits per heavy atom. The first-order valence-corrected chi connectivity index (χ1v) is 7.12. The zero-order valence-electron chi connectivity index (χ0n) is 13.3. The highest BCUT2D eigenvalue weighted by Crippen LogP contribution is 2.20. The Labute approximate surface area is 129 Å². The number of hydrogen-bond donors (Lipinski definition) is 1. The molecular formula is C17H20N2O3. The number of amides is 1. The second-order valence-corrected chi connectivity index (χ2v) is 6.30. The van der Waals surface area contributed by atoms with E-state index in [0.29, 0.717) is 5.76 Å². The number of aryl methyl sites for hydroxylation is 1. The summed E-state index contributed by atoms with van der Waals surface area (Å²) in [4.78, 5) is 23.8. The fourth-order valence-electron chi connectivity index (χ4n) is 1.75. The molecule has 5 heteroatoms. The Hall–Kier alpha value is -2.43. The summed E-state index contributed by atoms with van der Waals surface area (Å²) >= 11 is 0. The van der Waals surface area contributed by atoms with Crippen LogP contribution in [0.5, 0.6) is 0 Å². The van der Waals surface area contributed by atoms with Gasteiger partial charge in [0.05, 0.1) is 6.54 Å². The third-order valence-electron chi connectivity index (χ3n) is 3.32. The van der Waals surface area contributed by atoms with Gasteiger partial charge in [0.25, 0.3) is 5.91 Å². The molecule has 0 saturated carbocycles. The molecule has 116 valence electrons. The summed E-state index contributed by atoms with van der Waals surface area (Å²) in [6.07, 6.45) is 0. The van der Waals surface area contributed by atoms with E-state index >= 15 is 0 Å². The van der Waals surface area contributed by atoms with Crippen LogP contribution < -0.4 is 5.32 Å². The van der Waals surface area contributed by atoms with Gasteiger partial charge in [0.2, 0.25) is 0 Å². The lowest BCUT2D eigenvalue weighted by Gasteiger charge is -2.16. The minimum absolute atomic E-state index is 0.0188. The Kier molecular flexibility index (Phi) is 4.45. The predicted molar refractivity (Wildman–Crippen MR) is 83.5 cm³/mol. The van der Waals surface area contributed by atoms with E-state index in [9.17, 15) is 9.59 Å². The molecule has 0 spiro atoms. The number of hydrogen-bond acceptors (Lipinski definition) is 4. The summed E-state index contributed by atoms with van der Waals surface area (Å²) in [7, 11) is 0. The molecule has 0 saturated heterocycles. The summed E-state index contributed by atoms with van der Waals surface area (Å²) in [6.45, 7) is 7.41. The minimum Gasteiger partial charge on any atom is -0.355 e. The first-order chi connectivity index (χ1) is 10.3. The molecule has 0 aliphatic carbocycles.